The summed E-state index contributed by atoms with van der Waals surface area (Å²) < 4.78 is 0. The summed E-state index contributed by atoms with van der Waals surface area (Å²) in [4.78, 5) is 12.5. The van der Waals surface area contributed by atoms with Gasteiger partial charge in [0.2, 0.25) is 0 Å². The maximum atomic E-state index is 12.5. The van der Waals surface area contributed by atoms with E-state index in [1.54, 1.807) is 0 Å². The van der Waals surface area contributed by atoms with E-state index in [0.29, 0.717) is 0 Å². The molecule has 0 aromatic heterocycles. The molecule has 31 heavy (non-hydrogen) atoms. The second-order valence-electron chi connectivity index (χ2n) is 9.09. The summed E-state index contributed by atoms with van der Waals surface area (Å²) in [7, 11) is 0. The van der Waals surface area contributed by atoms with E-state index < -0.39 is 0 Å². The predicted molar refractivity (Wildman–Crippen MR) is 136 cm³/mol. The molecule has 2 aromatic rings. The molecule has 0 spiro atoms. The van der Waals surface area contributed by atoms with Crippen LogP contribution in [0.3, 0.4) is 0 Å². The summed E-state index contributed by atoms with van der Waals surface area (Å²) in [5.74, 6) is 0.0535. The van der Waals surface area contributed by atoms with Crippen LogP contribution in [0.1, 0.15) is 120 Å². The third kappa shape index (κ3) is 10.8. The average molecular weight is 424 g/mol. The van der Waals surface area contributed by atoms with Crippen molar-refractivity contribution in [1.29, 1.82) is 0 Å². The number of carbonyl (C=O) groups excluding carboxylic acids is 1. The van der Waals surface area contributed by atoms with Gasteiger partial charge in [-0.05, 0) is 23.3 Å². The van der Waals surface area contributed by atoms with Gasteiger partial charge >= 0.3 is 0 Å². The largest absolute Gasteiger partial charge is 0.352 e. The van der Waals surface area contributed by atoms with Crippen LogP contribution in [0.25, 0.3) is 10.8 Å². The average Bonchev–Trinajstić information content (AvgIpc) is 2.80. The molecular formula is C29H45NO. The Kier molecular flexibility index (Phi) is 13.8. The highest BCUT2D eigenvalue weighted by molar-refractivity contribution is 6.06. The molecule has 172 valence electrons. The lowest BCUT2D eigenvalue weighted by Gasteiger charge is -2.08. The quantitative estimate of drug-likeness (QED) is 0.238. The maximum Gasteiger partial charge on any atom is 0.251 e. The van der Waals surface area contributed by atoms with Crippen LogP contribution in [0.2, 0.25) is 0 Å². The van der Waals surface area contributed by atoms with E-state index in [9.17, 15) is 4.79 Å². The Hall–Kier alpha value is -1.83. The molecule has 2 nitrogen and oxygen atoms in total. The number of benzene rings is 2. The van der Waals surface area contributed by atoms with E-state index in [4.69, 9.17) is 0 Å². The lowest BCUT2D eigenvalue weighted by atomic mass is 10.0. The van der Waals surface area contributed by atoms with Crippen LogP contribution in [0, 0.1) is 0 Å². The normalized spacial score (nSPS) is 11.1. The van der Waals surface area contributed by atoms with Gasteiger partial charge in [-0.25, -0.2) is 0 Å². The van der Waals surface area contributed by atoms with Crippen LogP contribution in [-0.4, -0.2) is 12.5 Å². The number of carbonyl (C=O) groups is 1. The summed E-state index contributed by atoms with van der Waals surface area (Å²) in [6.45, 7) is 3.06. The highest BCUT2D eigenvalue weighted by atomic mass is 16.1. The zero-order valence-electron chi connectivity index (χ0n) is 20.0. The zero-order chi connectivity index (χ0) is 22.0. The number of hydrogen-bond acceptors (Lipinski definition) is 1. The second-order valence-corrected chi connectivity index (χ2v) is 9.09. The molecule has 2 aromatic carbocycles. The Balaban J connectivity index is 1.39. The van der Waals surface area contributed by atoms with Gasteiger partial charge in [0.15, 0.2) is 0 Å². The summed E-state index contributed by atoms with van der Waals surface area (Å²) in [5, 5.41) is 5.26. The molecule has 0 heterocycles. The lowest BCUT2D eigenvalue weighted by Crippen LogP contribution is -2.24. The van der Waals surface area contributed by atoms with Gasteiger partial charge in [-0.1, -0.05) is 140 Å². The highest BCUT2D eigenvalue weighted by Gasteiger charge is 2.08. The summed E-state index contributed by atoms with van der Waals surface area (Å²) >= 11 is 0. The molecule has 0 atom stereocenters. The van der Waals surface area contributed by atoms with Gasteiger partial charge in [0.05, 0.1) is 0 Å². The smallest absolute Gasteiger partial charge is 0.251 e. The number of nitrogens with one attached hydrogen (secondary N) is 1. The first-order valence-corrected chi connectivity index (χ1v) is 13.1. The second kappa shape index (κ2) is 16.8. The first-order valence-electron chi connectivity index (χ1n) is 13.1. The number of rotatable bonds is 18. The van der Waals surface area contributed by atoms with Crippen LogP contribution < -0.4 is 5.32 Å². The van der Waals surface area contributed by atoms with Crippen molar-refractivity contribution in [3.05, 3.63) is 48.0 Å². The fraction of sp³-hybridized carbons (Fsp3) is 0.621. The van der Waals surface area contributed by atoms with Crippen LogP contribution in [-0.2, 0) is 0 Å². The third-order valence-electron chi connectivity index (χ3n) is 6.35. The third-order valence-corrected chi connectivity index (χ3v) is 6.35. The summed E-state index contributed by atoms with van der Waals surface area (Å²) in [6.07, 6.45) is 22.0. The number of hydrogen-bond donors (Lipinski definition) is 1. The number of amides is 1. The molecule has 2 rings (SSSR count). The molecule has 1 N–H and O–H groups in total. The molecule has 2 heteroatoms. The minimum atomic E-state index is 0.0535. The fourth-order valence-corrected chi connectivity index (χ4v) is 4.39. The Labute approximate surface area is 191 Å². The minimum absolute atomic E-state index is 0.0535. The van der Waals surface area contributed by atoms with Crippen molar-refractivity contribution in [2.24, 2.45) is 0 Å². The minimum Gasteiger partial charge on any atom is -0.352 e. The first-order chi connectivity index (χ1) is 15.3. The van der Waals surface area contributed by atoms with Gasteiger partial charge in [0.25, 0.3) is 5.91 Å². The monoisotopic (exact) mass is 423 g/mol. The van der Waals surface area contributed by atoms with Crippen LogP contribution in [0.15, 0.2) is 42.5 Å². The van der Waals surface area contributed by atoms with Gasteiger partial charge in [-0.3, -0.25) is 4.79 Å². The SMILES string of the molecule is CCCCCCCCCCCCCCCCCCNC(=O)c1cccc2ccccc12. The van der Waals surface area contributed by atoms with Crippen molar-refractivity contribution >= 4 is 16.7 Å². The van der Waals surface area contributed by atoms with E-state index in [1.807, 2.05) is 30.3 Å². The Bertz CT molecular complexity index is 718. The van der Waals surface area contributed by atoms with Gasteiger partial charge in [0.1, 0.15) is 0 Å². The van der Waals surface area contributed by atoms with Crippen molar-refractivity contribution in [3.8, 4) is 0 Å². The molecule has 0 aliphatic heterocycles. The van der Waals surface area contributed by atoms with Gasteiger partial charge in [0, 0.05) is 12.1 Å². The van der Waals surface area contributed by atoms with Gasteiger partial charge in [-0.2, -0.15) is 0 Å². The Morgan fingerprint density at radius 1 is 0.613 bits per heavy atom. The maximum absolute atomic E-state index is 12.5. The van der Waals surface area contributed by atoms with E-state index >= 15 is 0 Å². The van der Waals surface area contributed by atoms with E-state index in [2.05, 4.69) is 24.4 Å². The van der Waals surface area contributed by atoms with Crippen molar-refractivity contribution in [1.82, 2.24) is 5.32 Å². The molecule has 0 aliphatic rings. The van der Waals surface area contributed by atoms with Crippen LogP contribution in [0.4, 0.5) is 0 Å². The molecular weight excluding hydrogens is 378 g/mol. The van der Waals surface area contributed by atoms with E-state index in [0.717, 1.165) is 29.3 Å². The predicted octanol–water partition coefficient (Wildman–Crippen LogP) is 8.83. The standard InChI is InChI=1S/C29H45NO/c1-2-3-4-5-6-7-8-9-10-11-12-13-14-15-16-19-25-30-29(31)28-24-20-22-26-21-17-18-23-27(26)28/h17-18,20-24H,2-16,19,25H2,1H3,(H,30,31). The van der Waals surface area contributed by atoms with Crippen molar-refractivity contribution in [3.63, 3.8) is 0 Å². The summed E-state index contributed by atoms with van der Waals surface area (Å²) in [5.41, 5.74) is 0.787. The molecule has 0 saturated heterocycles. The van der Waals surface area contributed by atoms with Crippen molar-refractivity contribution < 1.29 is 4.79 Å². The molecule has 0 bridgehead atoms. The Morgan fingerprint density at radius 2 is 1.10 bits per heavy atom. The lowest BCUT2D eigenvalue weighted by molar-refractivity contribution is 0.0954. The topological polar surface area (TPSA) is 29.1 Å². The van der Waals surface area contributed by atoms with E-state index in [1.165, 1.54) is 96.3 Å². The molecule has 0 aliphatic carbocycles. The molecule has 0 fully saturated rings. The summed E-state index contributed by atoms with van der Waals surface area (Å²) in [6, 6.07) is 14.0. The molecule has 1 amide bonds. The number of unbranched alkanes of at least 4 members (excludes halogenated alkanes) is 15. The Morgan fingerprint density at radius 3 is 1.68 bits per heavy atom. The van der Waals surface area contributed by atoms with Crippen molar-refractivity contribution in [2.45, 2.75) is 110 Å². The molecule has 0 radical (unpaired) electrons. The van der Waals surface area contributed by atoms with Crippen molar-refractivity contribution in [2.75, 3.05) is 6.54 Å². The highest BCUT2D eigenvalue weighted by Crippen LogP contribution is 2.18. The van der Waals surface area contributed by atoms with E-state index in [-0.39, 0.29) is 5.91 Å². The molecule has 0 unspecified atom stereocenters. The van der Waals surface area contributed by atoms with Gasteiger partial charge < -0.3 is 5.32 Å². The fourth-order valence-electron chi connectivity index (χ4n) is 4.39. The molecule has 0 saturated carbocycles. The zero-order valence-corrected chi connectivity index (χ0v) is 20.0. The first kappa shape index (κ1) is 25.4. The van der Waals surface area contributed by atoms with Gasteiger partial charge in [-0.15, -0.1) is 0 Å². The number of fused-ring (bicyclic) bond motifs is 1. The van der Waals surface area contributed by atoms with Crippen LogP contribution >= 0.6 is 0 Å². The van der Waals surface area contributed by atoms with Crippen LogP contribution in [0.5, 0.6) is 0 Å².